The van der Waals surface area contributed by atoms with Crippen molar-refractivity contribution in [3.05, 3.63) is 48.9 Å². The normalized spacial score (nSPS) is 11.5. The number of rotatable bonds is 0. The third-order valence-electron chi connectivity index (χ3n) is 2.99. The van der Waals surface area contributed by atoms with Gasteiger partial charge in [-0.3, -0.25) is 4.98 Å². The number of pyridine rings is 1. The number of aromatic nitrogens is 2. The van der Waals surface area contributed by atoms with E-state index in [2.05, 4.69) is 9.97 Å². The van der Waals surface area contributed by atoms with E-state index in [0.29, 0.717) is 0 Å². The molecule has 0 fully saturated rings. The predicted octanol–water partition coefficient (Wildman–Crippen LogP) is 3.53. The average Bonchev–Trinajstić information content (AvgIpc) is 2.78. The summed E-state index contributed by atoms with van der Waals surface area (Å²) in [6.45, 7) is 0. The maximum atomic E-state index is 5.46. The van der Waals surface area contributed by atoms with Crippen molar-refractivity contribution in [3.63, 3.8) is 0 Å². The third-order valence-corrected chi connectivity index (χ3v) is 2.99. The Balaban J connectivity index is 2.34. The smallest absolute Gasteiger partial charge is 0.135 e. The molecule has 0 bridgehead atoms. The molecule has 0 saturated heterocycles. The Labute approximate surface area is 96.7 Å². The predicted molar refractivity (Wildman–Crippen MR) is 66.8 cm³/mol. The van der Waals surface area contributed by atoms with E-state index >= 15 is 0 Å². The molecule has 3 aromatic heterocycles. The van der Waals surface area contributed by atoms with Gasteiger partial charge in [0.15, 0.2) is 0 Å². The number of hydrogen-bond donors (Lipinski definition) is 0. The van der Waals surface area contributed by atoms with E-state index in [0.717, 1.165) is 32.9 Å². The Morgan fingerprint density at radius 3 is 2.88 bits per heavy atom. The molecule has 0 aliphatic heterocycles. The second-order valence-electron chi connectivity index (χ2n) is 3.97. The molecule has 0 atom stereocenters. The van der Waals surface area contributed by atoms with Gasteiger partial charge in [0.1, 0.15) is 5.58 Å². The molecule has 0 unspecified atom stereocenters. The first kappa shape index (κ1) is 8.70. The van der Waals surface area contributed by atoms with E-state index in [4.69, 9.17) is 4.42 Å². The van der Waals surface area contributed by atoms with Crippen LogP contribution in [0.15, 0.2) is 53.3 Å². The summed E-state index contributed by atoms with van der Waals surface area (Å²) in [4.78, 5) is 9.00. The van der Waals surface area contributed by atoms with Crippen LogP contribution in [0.1, 0.15) is 0 Å². The second kappa shape index (κ2) is 3.04. The summed E-state index contributed by atoms with van der Waals surface area (Å²) in [7, 11) is 0. The molecule has 3 nitrogen and oxygen atoms in total. The van der Waals surface area contributed by atoms with Crippen molar-refractivity contribution in [2.45, 2.75) is 0 Å². The largest absolute Gasteiger partial charge is 0.464 e. The first-order valence-corrected chi connectivity index (χ1v) is 5.44. The molecule has 0 aliphatic carbocycles. The molecule has 0 N–H and O–H groups in total. The molecule has 0 spiro atoms. The summed E-state index contributed by atoms with van der Waals surface area (Å²) in [5.74, 6) is 0. The van der Waals surface area contributed by atoms with E-state index in [1.165, 1.54) is 0 Å². The van der Waals surface area contributed by atoms with Crippen molar-refractivity contribution in [1.29, 1.82) is 0 Å². The van der Waals surface area contributed by atoms with Crippen LogP contribution in [0.5, 0.6) is 0 Å². The fourth-order valence-electron chi connectivity index (χ4n) is 2.23. The number of nitrogens with zero attached hydrogens (tertiary/aromatic N) is 2. The Morgan fingerprint density at radius 1 is 0.882 bits per heavy atom. The zero-order chi connectivity index (χ0) is 11.2. The maximum Gasteiger partial charge on any atom is 0.135 e. The minimum absolute atomic E-state index is 0.850. The van der Waals surface area contributed by atoms with E-state index in [1.807, 2.05) is 36.4 Å². The van der Waals surface area contributed by atoms with Gasteiger partial charge in [-0.05, 0) is 36.4 Å². The minimum Gasteiger partial charge on any atom is -0.464 e. The lowest BCUT2D eigenvalue weighted by atomic mass is 10.1. The molecular weight excluding hydrogens is 212 g/mol. The van der Waals surface area contributed by atoms with E-state index in [-0.39, 0.29) is 0 Å². The second-order valence-corrected chi connectivity index (χ2v) is 3.97. The molecule has 0 saturated carbocycles. The summed E-state index contributed by atoms with van der Waals surface area (Å²) < 4.78 is 5.46. The van der Waals surface area contributed by atoms with Crippen molar-refractivity contribution in [2.24, 2.45) is 0 Å². The molecule has 4 rings (SSSR count). The van der Waals surface area contributed by atoms with Crippen LogP contribution in [-0.4, -0.2) is 9.97 Å². The first-order chi connectivity index (χ1) is 8.43. The molecule has 0 radical (unpaired) electrons. The van der Waals surface area contributed by atoms with Crippen LogP contribution < -0.4 is 0 Å². The zero-order valence-corrected chi connectivity index (χ0v) is 8.92. The lowest BCUT2D eigenvalue weighted by molar-refractivity contribution is 0.604. The number of fused-ring (bicyclic) bond motifs is 5. The van der Waals surface area contributed by atoms with E-state index < -0.39 is 0 Å². The van der Waals surface area contributed by atoms with Crippen LogP contribution >= 0.6 is 0 Å². The van der Waals surface area contributed by atoms with Gasteiger partial charge in [0.2, 0.25) is 0 Å². The Hall–Kier alpha value is -2.42. The van der Waals surface area contributed by atoms with Crippen molar-refractivity contribution in [1.82, 2.24) is 9.97 Å². The van der Waals surface area contributed by atoms with Crippen LogP contribution in [0.3, 0.4) is 0 Å². The molecular formula is C14H8N2O. The van der Waals surface area contributed by atoms with Gasteiger partial charge < -0.3 is 4.42 Å². The molecule has 1 aromatic carbocycles. The van der Waals surface area contributed by atoms with Crippen LogP contribution in [0.2, 0.25) is 0 Å². The van der Waals surface area contributed by atoms with Gasteiger partial charge in [-0.25, -0.2) is 4.98 Å². The molecule has 0 aliphatic rings. The minimum atomic E-state index is 0.850. The summed E-state index contributed by atoms with van der Waals surface area (Å²) in [6, 6.07) is 11.8. The lowest BCUT2D eigenvalue weighted by Crippen LogP contribution is -1.74. The van der Waals surface area contributed by atoms with E-state index in [1.54, 1.807) is 12.5 Å². The van der Waals surface area contributed by atoms with Crippen molar-refractivity contribution in [2.75, 3.05) is 0 Å². The quantitative estimate of drug-likeness (QED) is 0.455. The SMILES string of the molecule is c1cnc2c(c1)nc1c3cccoc3ccc21. The van der Waals surface area contributed by atoms with Crippen LogP contribution in [0, 0.1) is 0 Å². The summed E-state index contributed by atoms with van der Waals surface area (Å²) in [5, 5.41) is 2.11. The summed E-state index contributed by atoms with van der Waals surface area (Å²) in [6.07, 6.45) is 3.47. The van der Waals surface area contributed by atoms with Crippen molar-refractivity contribution in [3.8, 4) is 0 Å². The van der Waals surface area contributed by atoms with Crippen LogP contribution in [0.25, 0.3) is 32.9 Å². The molecule has 80 valence electrons. The topological polar surface area (TPSA) is 38.9 Å². The van der Waals surface area contributed by atoms with Crippen LogP contribution in [-0.2, 0) is 0 Å². The Kier molecular flexibility index (Phi) is 1.56. The standard InChI is InChI=1S/C14H8N2O/c1-4-11-14(15-7-1)10-5-6-12-9(13(10)16-11)3-2-8-17-12/h1-8H. The third kappa shape index (κ3) is 1.11. The highest BCUT2D eigenvalue weighted by atomic mass is 16.3. The van der Waals surface area contributed by atoms with Gasteiger partial charge in [-0.15, -0.1) is 0 Å². The zero-order valence-electron chi connectivity index (χ0n) is 8.92. The molecule has 17 heavy (non-hydrogen) atoms. The van der Waals surface area contributed by atoms with Gasteiger partial charge >= 0.3 is 0 Å². The number of hydrogen-bond acceptors (Lipinski definition) is 3. The molecule has 3 heteroatoms. The molecule has 3 heterocycles. The fourth-order valence-corrected chi connectivity index (χ4v) is 2.23. The molecule has 0 amide bonds. The monoisotopic (exact) mass is 220 g/mol. The van der Waals surface area contributed by atoms with Gasteiger partial charge in [0.05, 0.1) is 22.8 Å². The highest BCUT2D eigenvalue weighted by molar-refractivity contribution is 6.14. The van der Waals surface area contributed by atoms with Gasteiger partial charge in [0.25, 0.3) is 0 Å². The summed E-state index contributed by atoms with van der Waals surface area (Å²) >= 11 is 0. The van der Waals surface area contributed by atoms with Gasteiger partial charge in [0, 0.05) is 17.0 Å². The summed E-state index contributed by atoms with van der Waals surface area (Å²) in [5.41, 5.74) is 3.69. The van der Waals surface area contributed by atoms with Crippen molar-refractivity contribution < 1.29 is 4.42 Å². The van der Waals surface area contributed by atoms with E-state index in [9.17, 15) is 0 Å². The highest BCUT2D eigenvalue weighted by Gasteiger charge is 2.09. The highest BCUT2D eigenvalue weighted by Crippen LogP contribution is 2.29. The average molecular weight is 220 g/mol. The maximum absolute atomic E-state index is 5.46. The van der Waals surface area contributed by atoms with Crippen LogP contribution in [0.4, 0.5) is 0 Å². The lowest BCUT2D eigenvalue weighted by Gasteiger charge is -1.96. The van der Waals surface area contributed by atoms with Gasteiger partial charge in [-0.1, -0.05) is 0 Å². The van der Waals surface area contributed by atoms with Gasteiger partial charge in [-0.2, -0.15) is 0 Å². The Bertz CT molecular complexity index is 848. The number of benzene rings is 1. The van der Waals surface area contributed by atoms with Crippen molar-refractivity contribution >= 4 is 32.9 Å². The Morgan fingerprint density at radius 2 is 1.88 bits per heavy atom. The first-order valence-electron chi connectivity index (χ1n) is 5.44. The molecule has 4 aromatic rings. The fraction of sp³-hybridized carbons (Fsp3) is 0.